The normalized spacial score (nSPS) is 24.3. The highest BCUT2D eigenvalue weighted by atomic mass is 17.2. The summed E-state index contributed by atoms with van der Waals surface area (Å²) in [6, 6.07) is 10.0. The number of hydrogen-bond acceptors (Lipinski definition) is 4. The van der Waals surface area contributed by atoms with Crippen molar-refractivity contribution in [2.45, 2.75) is 33.6 Å². The summed E-state index contributed by atoms with van der Waals surface area (Å²) in [6.07, 6.45) is 1.60. The number of benzene rings is 1. The zero-order chi connectivity index (χ0) is 14.8. The molecule has 20 heavy (non-hydrogen) atoms. The van der Waals surface area contributed by atoms with Crippen molar-refractivity contribution in [3.8, 4) is 0 Å². The van der Waals surface area contributed by atoms with Crippen molar-refractivity contribution in [3.63, 3.8) is 0 Å². The molecule has 108 valence electrons. The van der Waals surface area contributed by atoms with Crippen LogP contribution in [0.15, 0.2) is 30.3 Å². The standard InChI is InChI=1S/C16H20O4/c1-11(2)14(17)19-20-15(18)16(3)10-13(16)9-12-7-5-4-6-8-12/h4-8,11,13H,9-10H2,1-3H3. The molecule has 1 aliphatic carbocycles. The molecule has 0 saturated heterocycles. The Morgan fingerprint density at radius 2 is 1.90 bits per heavy atom. The quantitative estimate of drug-likeness (QED) is 0.626. The zero-order valence-electron chi connectivity index (χ0n) is 12.1. The Kier molecular flexibility index (Phi) is 4.12. The van der Waals surface area contributed by atoms with Crippen LogP contribution in [0.3, 0.4) is 0 Å². The molecule has 4 heteroatoms. The van der Waals surface area contributed by atoms with Crippen molar-refractivity contribution < 1.29 is 19.4 Å². The van der Waals surface area contributed by atoms with Crippen LogP contribution < -0.4 is 0 Å². The summed E-state index contributed by atoms with van der Waals surface area (Å²) < 4.78 is 0. The fourth-order valence-corrected chi connectivity index (χ4v) is 2.17. The van der Waals surface area contributed by atoms with E-state index in [1.54, 1.807) is 13.8 Å². The second-order valence-corrected chi connectivity index (χ2v) is 5.94. The molecule has 0 radical (unpaired) electrons. The maximum absolute atomic E-state index is 12.0. The van der Waals surface area contributed by atoms with Crippen molar-refractivity contribution in [2.24, 2.45) is 17.3 Å². The van der Waals surface area contributed by atoms with Gasteiger partial charge in [0.2, 0.25) is 0 Å². The fraction of sp³-hybridized carbons (Fsp3) is 0.500. The molecular formula is C16H20O4. The highest BCUT2D eigenvalue weighted by Crippen LogP contribution is 2.54. The number of carbonyl (C=O) groups is 2. The van der Waals surface area contributed by atoms with Crippen LogP contribution in [0.25, 0.3) is 0 Å². The monoisotopic (exact) mass is 276 g/mol. The van der Waals surface area contributed by atoms with Crippen LogP contribution in [0.4, 0.5) is 0 Å². The van der Waals surface area contributed by atoms with Gasteiger partial charge in [-0.15, -0.1) is 0 Å². The molecule has 0 N–H and O–H groups in total. The maximum atomic E-state index is 12.0. The van der Waals surface area contributed by atoms with Crippen molar-refractivity contribution >= 4 is 11.9 Å². The molecule has 0 bridgehead atoms. The van der Waals surface area contributed by atoms with Crippen LogP contribution >= 0.6 is 0 Å². The van der Waals surface area contributed by atoms with Gasteiger partial charge < -0.3 is 0 Å². The smallest absolute Gasteiger partial charge is 0.247 e. The third-order valence-electron chi connectivity index (χ3n) is 3.87. The van der Waals surface area contributed by atoms with E-state index < -0.39 is 17.4 Å². The summed E-state index contributed by atoms with van der Waals surface area (Å²) in [5.41, 5.74) is 0.667. The van der Waals surface area contributed by atoms with Crippen LogP contribution in [0.5, 0.6) is 0 Å². The van der Waals surface area contributed by atoms with Gasteiger partial charge in [-0.2, -0.15) is 0 Å². The first kappa shape index (κ1) is 14.6. The lowest BCUT2D eigenvalue weighted by molar-refractivity contribution is -0.265. The molecule has 2 unspecified atom stereocenters. The third kappa shape index (κ3) is 3.18. The maximum Gasteiger partial charge on any atom is 0.361 e. The highest BCUT2D eigenvalue weighted by Gasteiger charge is 2.57. The fourth-order valence-electron chi connectivity index (χ4n) is 2.17. The van der Waals surface area contributed by atoms with E-state index in [1.165, 1.54) is 5.56 Å². The molecule has 1 aliphatic rings. The first-order valence-electron chi connectivity index (χ1n) is 6.90. The molecular weight excluding hydrogens is 256 g/mol. The van der Waals surface area contributed by atoms with E-state index in [4.69, 9.17) is 0 Å². The Bertz CT molecular complexity index is 494. The number of hydrogen-bond donors (Lipinski definition) is 0. The Hall–Kier alpha value is -1.84. The lowest BCUT2D eigenvalue weighted by Crippen LogP contribution is -2.22. The molecule has 0 amide bonds. The molecule has 0 aliphatic heterocycles. The van der Waals surface area contributed by atoms with E-state index in [1.807, 2.05) is 37.3 Å². The van der Waals surface area contributed by atoms with Gasteiger partial charge in [-0.1, -0.05) is 44.2 Å². The molecule has 0 heterocycles. The minimum Gasteiger partial charge on any atom is -0.247 e. The zero-order valence-corrected chi connectivity index (χ0v) is 12.1. The van der Waals surface area contributed by atoms with Crippen LogP contribution in [-0.4, -0.2) is 11.9 Å². The summed E-state index contributed by atoms with van der Waals surface area (Å²) in [5.74, 6) is -1.04. The Balaban J connectivity index is 1.84. The first-order valence-corrected chi connectivity index (χ1v) is 6.90. The summed E-state index contributed by atoms with van der Waals surface area (Å²) in [6.45, 7) is 5.23. The summed E-state index contributed by atoms with van der Waals surface area (Å²) in [4.78, 5) is 32.4. The SMILES string of the molecule is CC(C)C(=O)OOC(=O)C1(C)CC1Cc1ccccc1. The molecule has 1 aromatic rings. The Morgan fingerprint density at radius 3 is 2.50 bits per heavy atom. The Morgan fingerprint density at radius 1 is 1.25 bits per heavy atom. The highest BCUT2D eigenvalue weighted by molar-refractivity contribution is 5.81. The van der Waals surface area contributed by atoms with E-state index in [2.05, 4.69) is 9.78 Å². The summed E-state index contributed by atoms with van der Waals surface area (Å²) in [5, 5.41) is 0. The largest absolute Gasteiger partial charge is 0.361 e. The average molecular weight is 276 g/mol. The van der Waals surface area contributed by atoms with Crippen molar-refractivity contribution in [2.75, 3.05) is 0 Å². The molecule has 0 spiro atoms. The van der Waals surface area contributed by atoms with Gasteiger partial charge in [0.25, 0.3) is 0 Å². The molecule has 1 aromatic carbocycles. The summed E-state index contributed by atoms with van der Waals surface area (Å²) in [7, 11) is 0. The van der Waals surface area contributed by atoms with E-state index in [0.717, 1.165) is 12.8 Å². The van der Waals surface area contributed by atoms with E-state index in [-0.39, 0.29) is 11.8 Å². The molecule has 0 aromatic heterocycles. The Labute approximate surface area is 119 Å². The molecule has 4 nitrogen and oxygen atoms in total. The minimum absolute atomic E-state index is 0.246. The van der Waals surface area contributed by atoms with Crippen LogP contribution in [0.2, 0.25) is 0 Å². The second kappa shape index (κ2) is 5.65. The molecule has 2 rings (SSSR count). The number of rotatable bonds is 4. The second-order valence-electron chi connectivity index (χ2n) is 5.94. The lowest BCUT2D eigenvalue weighted by atomic mass is 10.0. The van der Waals surface area contributed by atoms with Gasteiger partial charge in [0, 0.05) is 0 Å². The van der Waals surface area contributed by atoms with Gasteiger partial charge in [-0.05, 0) is 31.2 Å². The molecule has 1 saturated carbocycles. The van der Waals surface area contributed by atoms with Gasteiger partial charge in [0.15, 0.2) is 0 Å². The predicted molar refractivity (Wildman–Crippen MR) is 73.4 cm³/mol. The predicted octanol–water partition coefficient (Wildman–Crippen LogP) is 2.91. The van der Waals surface area contributed by atoms with Crippen molar-refractivity contribution in [1.82, 2.24) is 0 Å². The van der Waals surface area contributed by atoms with Crippen LogP contribution in [-0.2, 0) is 25.8 Å². The number of carbonyl (C=O) groups excluding carboxylic acids is 2. The lowest BCUT2D eigenvalue weighted by Gasteiger charge is -2.10. The van der Waals surface area contributed by atoms with E-state index >= 15 is 0 Å². The first-order chi connectivity index (χ1) is 9.43. The average Bonchev–Trinajstić information content (AvgIpc) is 3.08. The molecule has 1 fully saturated rings. The van der Waals surface area contributed by atoms with Gasteiger partial charge in [-0.3, -0.25) is 0 Å². The van der Waals surface area contributed by atoms with Crippen molar-refractivity contribution in [1.29, 1.82) is 0 Å². The van der Waals surface area contributed by atoms with Gasteiger partial charge in [-0.25, -0.2) is 19.4 Å². The molecule has 2 atom stereocenters. The van der Waals surface area contributed by atoms with Gasteiger partial charge in [0.05, 0.1) is 11.3 Å². The van der Waals surface area contributed by atoms with Gasteiger partial charge in [0.1, 0.15) is 0 Å². The van der Waals surface area contributed by atoms with Crippen LogP contribution in [0, 0.1) is 17.3 Å². The van der Waals surface area contributed by atoms with E-state index in [9.17, 15) is 9.59 Å². The third-order valence-corrected chi connectivity index (χ3v) is 3.87. The summed E-state index contributed by atoms with van der Waals surface area (Å²) >= 11 is 0. The topological polar surface area (TPSA) is 52.6 Å². The van der Waals surface area contributed by atoms with Crippen molar-refractivity contribution in [3.05, 3.63) is 35.9 Å². The minimum atomic E-state index is -0.535. The van der Waals surface area contributed by atoms with E-state index in [0.29, 0.717) is 0 Å². The van der Waals surface area contributed by atoms with Crippen LogP contribution in [0.1, 0.15) is 32.8 Å². The van der Waals surface area contributed by atoms with Gasteiger partial charge >= 0.3 is 11.9 Å².